The summed E-state index contributed by atoms with van der Waals surface area (Å²) in [4.78, 5) is 67.4. The summed E-state index contributed by atoms with van der Waals surface area (Å²) >= 11 is 5.21. The Hall–Kier alpha value is -4.58. The summed E-state index contributed by atoms with van der Waals surface area (Å²) in [5, 5.41) is 13.4. The summed E-state index contributed by atoms with van der Waals surface area (Å²) in [6, 6.07) is 2.63. The molecule has 13 rings (SSSR count). The van der Waals surface area contributed by atoms with Gasteiger partial charge in [0.05, 0.1) is 42.6 Å². The molecule has 2 saturated heterocycles. The van der Waals surface area contributed by atoms with Gasteiger partial charge in [0.25, 0.3) is 0 Å². The average Bonchev–Trinajstić information content (AvgIpc) is 2.04. The van der Waals surface area contributed by atoms with E-state index in [-0.39, 0.29) is 31.3 Å². The molecular formula is C63H91N11O7S3. The lowest BCUT2D eigenvalue weighted by atomic mass is 9.89. The van der Waals surface area contributed by atoms with Gasteiger partial charge in [-0.25, -0.2) is 29.9 Å². The van der Waals surface area contributed by atoms with Crippen LogP contribution in [0.15, 0.2) is 19.0 Å². The number of thiophene rings is 3. The maximum atomic E-state index is 11.8. The van der Waals surface area contributed by atoms with Crippen molar-refractivity contribution in [2.24, 2.45) is 5.73 Å². The van der Waals surface area contributed by atoms with Gasteiger partial charge in [0, 0.05) is 77.9 Å². The van der Waals surface area contributed by atoms with Crippen LogP contribution in [0.2, 0.25) is 0 Å². The zero-order chi connectivity index (χ0) is 57.7. The number of ketones is 1. The normalized spacial score (nSPS) is 25.9. The van der Waals surface area contributed by atoms with Gasteiger partial charge in [0.15, 0.2) is 0 Å². The summed E-state index contributed by atoms with van der Waals surface area (Å²) in [6.45, 7) is 16.9. The second-order valence-corrected chi connectivity index (χ2v) is 27.8. The quantitative estimate of drug-likeness (QED) is 0.0980. The highest BCUT2D eigenvalue weighted by Gasteiger charge is 2.36. The fourth-order valence-electron chi connectivity index (χ4n) is 14.5. The number of amides is 1. The number of morpholine rings is 2. The van der Waals surface area contributed by atoms with Crippen LogP contribution in [0.4, 0.5) is 5.82 Å². The number of fused-ring (bicyclic) bond motifs is 7. The first kappa shape index (κ1) is 62.5. The van der Waals surface area contributed by atoms with Crippen molar-refractivity contribution in [1.29, 1.82) is 0 Å². The van der Waals surface area contributed by atoms with Crippen molar-refractivity contribution in [2.45, 2.75) is 205 Å². The number of hydrogen-bond donors (Lipinski definition) is 2. The van der Waals surface area contributed by atoms with Gasteiger partial charge in [-0.15, -0.1) is 34.0 Å². The molecule has 6 aromatic heterocycles. The minimum absolute atomic E-state index is 0. The highest BCUT2D eigenvalue weighted by Crippen LogP contribution is 2.49. The maximum Gasteiger partial charge on any atom is 0.246 e. The van der Waals surface area contributed by atoms with E-state index in [0.29, 0.717) is 42.8 Å². The van der Waals surface area contributed by atoms with Crippen LogP contribution >= 0.6 is 34.0 Å². The Bertz CT molecular complexity index is 3150. The van der Waals surface area contributed by atoms with Crippen molar-refractivity contribution < 1.29 is 33.6 Å². The van der Waals surface area contributed by atoms with Crippen LogP contribution in [0.5, 0.6) is 11.8 Å². The van der Waals surface area contributed by atoms with E-state index in [2.05, 4.69) is 79.4 Å². The van der Waals surface area contributed by atoms with Crippen LogP contribution in [-0.2, 0) is 31.9 Å². The zero-order valence-corrected chi connectivity index (χ0v) is 52.1. The van der Waals surface area contributed by atoms with Crippen LogP contribution in [0, 0.1) is 13.8 Å². The molecule has 5 aliphatic carbocycles. The Balaban J connectivity index is 0.000000141. The first-order chi connectivity index (χ1) is 40.3. The van der Waals surface area contributed by atoms with E-state index in [1.807, 2.05) is 0 Å². The second kappa shape index (κ2) is 28.5. The predicted octanol–water partition coefficient (Wildman–Crippen LogP) is 10.3. The van der Waals surface area contributed by atoms with E-state index in [1.165, 1.54) is 69.7 Å². The summed E-state index contributed by atoms with van der Waals surface area (Å²) < 4.78 is 23.9. The van der Waals surface area contributed by atoms with Crippen LogP contribution in [0.25, 0.3) is 30.6 Å². The minimum Gasteiger partial charge on any atom is -0.474 e. The first-order valence-electron chi connectivity index (χ1n) is 30.9. The van der Waals surface area contributed by atoms with Crippen LogP contribution in [-0.4, -0.2) is 177 Å². The number of carbonyl (C=O) groups is 2. The highest BCUT2D eigenvalue weighted by molar-refractivity contribution is 7.19. The molecule has 5 fully saturated rings. The number of hydrogen-bond acceptors (Lipinski definition) is 20. The standard InChI is InChI=1S/C22H30N4O4S.C22H29N3O3S.C18H28N4S.CH4/c23-20(28)16(27)11-13-1-6-17-18(13)19-21(24-12-25-22(19)31-17)30-15-4-2-14(3-5-15)26-7-9-29-10-8-26;1-14(26)12-15-2-7-18-19(15)20-21(23-13-24-22(20)29-18)28-17-5-3-16(4-6-17)25-8-10-27-11-9-25;1-6-22(15-9-7-14(8-10-15)21(4)5)17-16-12(2)13(3)23-18(16)20-11-19-17;/h12-16,27H,1-11H2,(H2,23,28);13,15-17H,2-12H2,1H3;11,14-15H,6-10H2,1-5H3;1H4/t13-,14?,15?,16+;15-,16?,17?;;/m11../s1. The van der Waals surface area contributed by atoms with E-state index in [1.54, 1.807) is 59.9 Å². The summed E-state index contributed by atoms with van der Waals surface area (Å²) in [6.07, 6.45) is 22.9. The number of nitrogens with two attached hydrogens (primary N) is 1. The molecular weight excluding hydrogens is 1120 g/mol. The SMILES string of the molecule is C.CC(=O)C[C@H]1CCc2sc3ncnc(OC4CCC(N5CCOCC5)CC4)c3c21.CCN(c1ncnc2sc(C)c(C)c12)C1CCC(N(C)C)CC1.NC(=O)[C@@H](O)C[C@H]1CCc2sc3ncnc(OC4CCC(N5CCOCC5)CC4)c3c21. The molecule has 1 amide bonds. The van der Waals surface area contributed by atoms with Crippen molar-refractivity contribution in [3.63, 3.8) is 0 Å². The van der Waals surface area contributed by atoms with Crippen LogP contribution < -0.4 is 20.1 Å². The lowest BCUT2D eigenvalue weighted by Gasteiger charge is -2.39. The number of aryl methyl sites for hydroxylation is 4. The number of primary amides is 1. The molecule has 84 heavy (non-hydrogen) atoms. The van der Waals surface area contributed by atoms with Gasteiger partial charge in [0.2, 0.25) is 17.7 Å². The van der Waals surface area contributed by atoms with Gasteiger partial charge < -0.3 is 44.4 Å². The van der Waals surface area contributed by atoms with Crippen molar-refractivity contribution in [1.82, 2.24) is 44.6 Å². The van der Waals surface area contributed by atoms with Crippen molar-refractivity contribution in [2.75, 3.05) is 78.1 Å². The second-order valence-electron chi connectivity index (χ2n) is 24.4. The number of anilines is 1. The minimum atomic E-state index is -1.13. The Labute approximate surface area is 508 Å². The number of aromatic nitrogens is 6. The molecule has 0 bridgehead atoms. The van der Waals surface area contributed by atoms with Gasteiger partial charge in [-0.05, 0) is 179 Å². The van der Waals surface area contributed by atoms with E-state index in [9.17, 15) is 14.7 Å². The lowest BCUT2D eigenvalue weighted by Crippen LogP contribution is -2.46. The molecule has 3 saturated carbocycles. The smallest absolute Gasteiger partial charge is 0.246 e. The van der Waals surface area contributed by atoms with Crippen molar-refractivity contribution >= 4 is 82.2 Å². The van der Waals surface area contributed by atoms with E-state index in [0.717, 1.165) is 172 Å². The molecule has 8 heterocycles. The van der Waals surface area contributed by atoms with Gasteiger partial charge >= 0.3 is 0 Å². The number of ether oxygens (including phenoxy) is 4. The third-order valence-electron chi connectivity index (χ3n) is 19.1. The molecule has 18 nitrogen and oxygen atoms in total. The molecule has 0 aromatic carbocycles. The summed E-state index contributed by atoms with van der Waals surface area (Å²) in [5.41, 5.74) is 9.08. The fraction of sp³-hybridized carbons (Fsp3) is 0.683. The number of aliphatic hydroxyl groups excluding tert-OH is 1. The Morgan fingerprint density at radius 3 is 1.60 bits per heavy atom. The van der Waals surface area contributed by atoms with Crippen molar-refractivity contribution in [3.8, 4) is 11.8 Å². The molecule has 21 heteroatoms. The summed E-state index contributed by atoms with van der Waals surface area (Å²) in [5.74, 6) is 2.49. The molecule has 3 atom stereocenters. The molecule has 6 aromatic rings. The number of aliphatic hydroxyl groups is 1. The molecule has 3 N–H and O–H groups in total. The monoisotopic (exact) mass is 1210 g/mol. The van der Waals surface area contributed by atoms with Crippen LogP contribution in [0.3, 0.4) is 0 Å². The van der Waals surface area contributed by atoms with E-state index >= 15 is 0 Å². The average molecular weight is 1210 g/mol. The number of nitrogens with zero attached hydrogens (tertiary/aromatic N) is 10. The molecule has 7 aliphatic rings. The molecule has 0 unspecified atom stereocenters. The first-order valence-corrected chi connectivity index (χ1v) is 33.4. The third-order valence-corrected chi connectivity index (χ3v) is 22.6. The maximum absolute atomic E-state index is 11.8. The zero-order valence-electron chi connectivity index (χ0n) is 49.7. The van der Waals surface area contributed by atoms with E-state index < -0.39 is 12.0 Å². The van der Waals surface area contributed by atoms with Crippen molar-refractivity contribution in [3.05, 3.63) is 50.3 Å². The largest absolute Gasteiger partial charge is 0.474 e. The molecule has 0 spiro atoms. The van der Waals surface area contributed by atoms with Gasteiger partial charge in [-0.2, -0.15) is 0 Å². The van der Waals surface area contributed by atoms with E-state index in [4.69, 9.17) is 29.7 Å². The highest BCUT2D eigenvalue weighted by atomic mass is 32.1. The molecule has 2 aliphatic heterocycles. The Kier molecular flexibility index (Phi) is 21.2. The van der Waals surface area contributed by atoms with Gasteiger partial charge in [-0.1, -0.05) is 7.43 Å². The lowest BCUT2D eigenvalue weighted by molar-refractivity contribution is -0.126. The molecule has 458 valence electrons. The number of Topliss-reactive ketones (excluding diaryl/α,β-unsaturated/α-hetero) is 1. The number of rotatable bonds is 15. The predicted molar refractivity (Wildman–Crippen MR) is 337 cm³/mol. The van der Waals surface area contributed by atoms with Crippen LogP contribution in [0.1, 0.15) is 167 Å². The topological polar surface area (TPSA) is 208 Å². The fourth-order valence-corrected chi connectivity index (χ4v) is 18.0. The third kappa shape index (κ3) is 14.0. The van der Waals surface area contributed by atoms with Gasteiger partial charge in [-0.3, -0.25) is 14.6 Å². The number of carbonyl (C=O) groups excluding carboxylic acids is 2. The Morgan fingerprint density at radius 2 is 1.12 bits per heavy atom. The molecule has 0 radical (unpaired) electrons. The Morgan fingerprint density at radius 1 is 0.655 bits per heavy atom. The van der Waals surface area contributed by atoms with Gasteiger partial charge in [0.1, 0.15) is 63.4 Å². The summed E-state index contributed by atoms with van der Waals surface area (Å²) in [7, 11) is 4.40.